The third-order valence-electron chi connectivity index (χ3n) is 3.51. The lowest BCUT2D eigenvalue weighted by Crippen LogP contribution is -2.38. The fraction of sp³-hybridized carbons (Fsp3) is 0.312. The minimum absolute atomic E-state index is 0.272. The number of ether oxygens (including phenoxy) is 1. The Balaban J connectivity index is 2.40. The summed E-state index contributed by atoms with van der Waals surface area (Å²) in [5.74, 6) is -0.292. The molecule has 0 saturated heterocycles. The smallest absolute Gasteiger partial charge is 0.405 e. The number of rotatable bonds is 5. The molecule has 0 fully saturated rings. The Bertz CT molecular complexity index is 707. The van der Waals surface area contributed by atoms with E-state index in [2.05, 4.69) is 9.97 Å². The molecule has 1 unspecified atom stereocenters. The van der Waals surface area contributed by atoms with E-state index >= 15 is 0 Å². The van der Waals surface area contributed by atoms with Crippen LogP contribution in [0, 0.1) is 0 Å². The highest BCUT2D eigenvalue weighted by molar-refractivity contribution is 6.30. The van der Waals surface area contributed by atoms with Crippen molar-refractivity contribution in [2.24, 2.45) is 5.73 Å². The molecule has 1 aromatic carbocycles. The summed E-state index contributed by atoms with van der Waals surface area (Å²) in [5.41, 5.74) is 5.89. The summed E-state index contributed by atoms with van der Waals surface area (Å²) in [5, 5.41) is 0.903. The lowest BCUT2D eigenvalue weighted by molar-refractivity contribution is 0.0225. The second kappa shape index (κ2) is 7.15. The zero-order valence-corrected chi connectivity index (χ0v) is 14.3. The Morgan fingerprint density at radius 3 is 2.70 bits per heavy atom. The van der Waals surface area contributed by atoms with E-state index in [1.54, 1.807) is 26.1 Å². The van der Waals surface area contributed by atoms with Crippen molar-refractivity contribution in [2.75, 3.05) is 0 Å². The molecular formula is C16H17Cl2N3O2. The number of amides is 1. The molecule has 1 aromatic heterocycles. The highest BCUT2D eigenvalue weighted by atomic mass is 35.5. The van der Waals surface area contributed by atoms with Gasteiger partial charge < -0.3 is 10.5 Å². The van der Waals surface area contributed by atoms with Crippen LogP contribution >= 0.6 is 23.2 Å². The largest absolute Gasteiger partial charge is 0.443 e. The van der Waals surface area contributed by atoms with Crippen molar-refractivity contribution >= 4 is 29.3 Å². The summed E-state index contributed by atoms with van der Waals surface area (Å²) in [6, 6.07) is 7.45. The summed E-state index contributed by atoms with van der Waals surface area (Å²) in [4.78, 5) is 19.6. The van der Waals surface area contributed by atoms with Gasteiger partial charge in [-0.15, -0.1) is 0 Å². The van der Waals surface area contributed by atoms with E-state index in [9.17, 15) is 4.79 Å². The quantitative estimate of drug-likeness (QED) is 0.881. The Morgan fingerprint density at radius 1 is 1.35 bits per heavy atom. The number of hydrogen-bond acceptors (Lipinski definition) is 4. The van der Waals surface area contributed by atoms with Gasteiger partial charge in [0.25, 0.3) is 0 Å². The summed E-state index contributed by atoms with van der Waals surface area (Å²) < 4.78 is 5.29. The molecule has 0 spiro atoms. The first-order chi connectivity index (χ1) is 10.8. The Kier molecular flexibility index (Phi) is 5.44. The number of benzene rings is 1. The van der Waals surface area contributed by atoms with Crippen LogP contribution in [0.25, 0.3) is 0 Å². The zero-order chi connectivity index (χ0) is 17.0. The van der Waals surface area contributed by atoms with Crippen LogP contribution in [0.15, 0.2) is 36.7 Å². The zero-order valence-electron chi connectivity index (χ0n) is 12.8. The number of carbonyl (C=O) groups is 1. The van der Waals surface area contributed by atoms with E-state index in [-0.39, 0.29) is 11.1 Å². The summed E-state index contributed by atoms with van der Waals surface area (Å²) in [6.07, 6.45) is 2.74. The van der Waals surface area contributed by atoms with Crippen molar-refractivity contribution in [3.8, 4) is 0 Å². The molecule has 2 rings (SSSR count). The second-order valence-corrected chi connectivity index (χ2v) is 6.50. The highest BCUT2D eigenvalue weighted by Gasteiger charge is 2.35. The maximum Gasteiger partial charge on any atom is 0.405 e. The fourth-order valence-corrected chi connectivity index (χ4v) is 2.83. The number of carbonyl (C=O) groups excluding carboxylic acids is 1. The molecule has 2 aromatic rings. The van der Waals surface area contributed by atoms with Gasteiger partial charge in [-0.3, -0.25) is 4.98 Å². The van der Waals surface area contributed by atoms with Crippen molar-refractivity contribution in [1.82, 2.24) is 9.97 Å². The molecule has 0 bridgehead atoms. The maximum absolute atomic E-state index is 11.2. The summed E-state index contributed by atoms with van der Waals surface area (Å²) >= 11 is 12.0. The van der Waals surface area contributed by atoms with Crippen LogP contribution in [-0.4, -0.2) is 21.7 Å². The highest BCUT2D eigenvalue weighted by Crippen LogP contribution is 2.34. The van der Waals surface area contributed by atoms with Gasteiger partial charge in [0.1, 0.15) is 10.8 Å². The molecule has 1 atom stereocenters. The topological polar surface area (TPSA) is 78.1 Å². The number of primary amides is 1. The van der Waals surface area contributed by atoms with Gasteiger partial charge >= 0.3 is 6.09 Å². The first-order valence-corrected chi connectivity index (χ1v) is 7.74. The van der Waals surface area contributed by atoms with Crippen molar-refractivity contribution in [1.29, 1.82) is 0 Å². The van der Waals surface area contributed by atoms with Crippen LogP contribution in [0.4, 0.5) is 4.79 Å². The molecular weight excluding hydrogens is 337 g/mol. The van der Waals surface area contributed by atoms with E-state index in [1.165, 1.54) is 6.20 Å². The molecule has 5 nitrogen and oxygen atoms in total. The standard InChI is InChI=1S/C16H17Cl2N3O2/c1-16(2,23-15(19)22)12(13-8-20-9-14(18)21-13)7-10-4-3-5-11(17)6-10/h3-6,8-9,12H,7H2,1-2H3,(H2,19,22). The second-order valence-electron chi connectivity index (χ2n) is 5.68. The van der Waals surface area contributed by atoms with Crippen molar-refractivity contribution in [3.63, 3.8) is 0 Å². The number of nitrogens with zero attached hydrogens (tertiary/aromatic N) is 2. The molecule has 2 N–H and O–H groups in total. The van der Waals surface area contributed by atoms with Crippen LogP contribution in [0.1, 0.15) is 31.0 Å². The summed E-state index contributed by atoms with van der Waals surface area (Å²) in [6.45, 7) is 3.55. The number of hydrogen-bond donors (Lipinski definition) is 1. The van der Waals surface area contributed by atoms with E-state index in [0.717, 1.165) is 5.56 Å². The van der Waals surface area contributed by atoms with Gasteiger partial charge in [-0.1, -0.05) is 35.3 Å². The summed E-state index contributed by atoms with van der Waals surface area (Å²) in [7, 11) is 0. The van der Waals surface area contributed by atoms with Crippen LogP contribution in [0.5, 0.6) is 0 Å². The number of nitrogens with two attached hydrogens (primary N) is 1. The maximum atomic E-state index is 11.2. The van der Waals surface area contributed by atoms with Gasteiger partial charge in [0, 0.05) is 17.1 Å². The van der Waals surface area contributed by atoms with Gasteiger partial charge in [0.2, 0.25) is 0 Å². The fourth-order valence-electron chi connectivity index (χ4n) is 2.46. The van der Waals surface area contributed by atoms with Crippen LogP contribution in [0.3, 0.4) is 0 Å². The Hall–Kier alpha value is -1.85. The van der Waals surface area contributed by atoms with Crippen molar-refractivity contribution in [3.05, 3.63) is 58.1 Å². The van der Waals surface area contributed by atoms with Gasteiger partial charge in [0.15, 0.2) is 0 Å². The van der Waals surface area contributed by atoms with Gasteiger partial charge in [-0.05, 0) is 38.0 Å². The molecule has 0 radical (unpaired) electrons. The predicted octanol–water partition coefficient (Wildman–Crippen LogP) is 3.98. The predicted molar refractivity (Wildman–Crippen MR) is 89.7 cm³/mol. The molecule has 1 heterocycles. The first-order valence-electron chi connectivity index (χ1n) is 6.98. The van der Waals surface area contributed by atoms with E-state index in [0.29, 0.717) is 17.1 Å². The van der Waals surface area contributed by atoms with Crippen LogP contribution < -0.4 is 5.73 Å². The SMILES string of the molecule is CC(C)(OC(N)=O)C(Cc1cccc(Cl)c1)c1cncc(Cl)n1. The molecule has 122 valence electrons. The molecule has 0 saturated carbocycles. The molecule has 23 heavy (non-hydrogen) atoms. The number of halogens is 2. The molecule has 0 aliphatic rings. The van der Waals surface area contributed by atoms with E-state index in [1.807, 2.05) is 18.2 Å². The van der Waals surface area contributed by atoms with Gasteiger partial charge in [-0.2, -0.15) is 0 Å². The molecule has 0 aliphatic heterocycles. The van der Waals surface area contributed by atoms with Crippen molar-refractivity contribution < 1.29 is 9.53 Å². The van der Waals surface area contributed by atoms with Crippen LogP contribution in [0.2, 0.25) is 10.2 Å². The lowest BCUT2D eigenvalue weighted by atomic mass is 9.83. The van der Waals surface area contributed by atoms with Crippen LogP contribution in [-0.2, 0) is 11.2 Å². The molecule has 0 aliphatic carbocycles. The average molecular weight is 354 g/mol. The van der Waals surface area contributed by atoms with Gasteiger partial charge in [0.05, 0.1) is 11.9 Å². The Morgan fingerprint density at radius 2 is 2.09 bits per heavy atom. The van der Waals surface area contributed by atoms with Gasteiger partial charge in [-0.25, -0.2) is 9.78 Å². The minimum atomic E-state index is -0.895. The minimum Gasteiger partial charge on any atom is -0.443 e. The van der Waals surface area contributed by atoms with Crippen molar-refractivity contribution in [2.45, 2.75) is 31.8 Å². The third kappa shape index (κ3) is 4.81. The Labute approximate surface area is 144 Å². The average Bonchev–Trinajstić information content (AvgIpc) is 2.43. The van der Waals surface area contributed by atoms with E-state index < -0.39 is 11.7 Å². The van der Waals surface area contributed by atoms with E-state index in [4.69, 9.17) is 33.7 Å². The lowest BCUT2D eigenvalue weighted by Gasteiger charge is -2.33. The first kappa shape index (κ1) is 17.5. The normalized spacial score (nSPS) is 12.7. The number of aromatic nitrogens is 2. The third-order valence-corrected chi connectivity index (χ3v) is 3.93. The monoisotopic (exact) mass is 353 g/mol. The molecule has 7 heteroatoms. The molecule has 1 amide bonds.